The summed E-state index contributed by atoms with van der Waals surface area (Å²) in [5.74, 6) is -0.802. The van der Waals surface area contributed by atoms with Gasteiger partial charge < -0.3 is 5.32 Å². The highest BCUT2D eigenvalue weighted by molar-refractivity contribution is 7.90. The highest BCUT2D eigenvalue weighted by atomic mass is 32.2. The molecule has 3 aromatic rings. The van der Waals surface area contributed by atoms with E-state index in [1.54, 1.807) is 6.07 Å². The summed E-state index contributed by atoms with van der Waals surface area (Å²) in [6.07, 6.45) is 2.17. The molecule has 0 saturated carbocycles. The lowest BCUT2D eigenvalue weighted by Crippen LogP contribution is -2.14. The molecule has 0 aliphatic carbocycles. The van der Waals surface area contributed by atoms with Crippen LogP contribution in [0.25, 0.3) is 10.2 Å². The number of nitrogens with zero attached hydrogens (tertiary/aromatic N) is 2. The Morgan fingerprint density at radius 2 is 2.08 bits per heavy atom. The average Bonchev–Trinajstić information content (AvgIpc) is 2.89. The normalized spacial score (nSPS) is 11.6. The Labute approximate surface area is 141 Å². The van der Waals surface area contributed by atoms with Crippen molar-refractivity contribution in [3.05, 3.63) is 48.0 Å². The molecule has 9 heteroatoms. The molecule has 1 amide bonds. The molecule has 0 bridgehead atoms. The standard InChI is InChI=1S/C15H12FN3O3S2/c1-24(21,22)11-4-5-12-13(7-11)23-15(18-12)19-14(20)6-10-3-2-9(16)8-17-10/h2-5,7-8H,6H2,1H3,(H,18,19,20). The summed E-state index contributed by atoms with van der Waals surface area (Å²) >= 11 is 1.18. The molecule has 0 spiro atoms. The van der Waals surface area contributed by atoms with E-state index in [0.29, 0.717) is 21.0 Å². The molecule has 0 saturated heterocycles. The first kappa shape index (κ1) is 16.5. The Hall–Kier alpha value is -2.39. The van der Waals surface area contributed by atoms with Crippen LogP contribution < -0.4 is 5.32 Å². The van der Waals surface area contributed by atoms with E-state index in [2.05, 4.69) is 15.3 Å². The minimum absolute atomic E-state index is 0.00913. The fourth-order valence-electron chi connectivity index (χ4n) is 2.03. The zero-order chi connectivity index (χ0) is 17.3. The molecule has 0 aliphatic heterocycles. The van der Waals surface area contributed by atoms with E-state index in [9.17, 15) is 17.6 Å². The van der Waals surface area contributed by atoms with Crippen LogP contribution in [0.5, 0.6) is 0 Å². The van der Waals surface area contributed by atoms with Gasteiger partial charge >= 0.3 is 0 Å². The summed E-state index contributed by atoms with van der Waals surface area (Å²) in [7, 11) is -3.30. The van der Waals surface area contributed by atoms with Gasteiger partial charge in [-0.1, -0.05) is 11.3 Å². The first-order valence-electron chi connectivity index (χ1n) is 6.82. The van der Waals surface area contributed by atoms with Crippen LogP contribution in [0.15, 0.2) is 41.4 Å². The smallest absolute Gasteiger partial charge is 0.232 e. The Balaban J connectivity index is 1.77. The van der Waals surface area contributed by atoms with Crippen molar-refractivity contribution in [3.8, 4) is 0 Å². The third-order valence-corrected chi connectivity index (χ3v) is 5.21. The van der Waals surface area contributed by atoms with Crippen molar-refractivity contribution in [2.24, 2.45) is 0 Å². The van der Waals surface area contributed by atoms with Gasteiger partial charge in [0.05, 0.1) is 27.7 Å². The summed E-state index contributed by atoms with van der Waals surface area (Å²) in [5.41, 5.74) is 1.04. The van der Waals surface area contributed by atoms with Crippen LogP contribution in [0.3, 0.4) is 0 Å². The number of sulfone groups is 1. The highest BCUT2D eigenvalue weighted by Crippen LogP contribution is 2.28. The molecular weight excluding hydrogens is 353 g/mol. The van der Waals surface area contributed by atoms with Crippen LogP contribution in [0, 0.1) is 5.82 Å². The lowest BCUT2D eigenvalue weighted by atomic mass is 10.2. The van der Waals surface area contributed by atoms with E-state index in [1.165, 1.54) is 35.6 Å². The van der Waals surface area contributed by atoms with Gasteiger partial charge in [0, 0.05) is 11.9 Å². The van der Waals surface area contributed by atoms with Gasteiger partial charge in [-0.05, 0) is 30.3 Å². The number of amides is 1. The minimum atomic E-state index is -3.30. The van der Waals surface area contributed by atoms with Crippen molar-refractivity contribution in [1.82, 2.24) is 9.97 Å². The van der Waals surface area contributed by atoms with Gasteiger partial charge in [0.2, 0.25) is 5.91 Å². The van der Waals surface area contributed by atoms with Crippen LogP contribution in [0.2, 0.25) is 0 Å². The Bertz CT molecular complexity index is 1010. The first-order valence-corrected chi connectivity index (χ1v) is 9.53. The van der Waals surface area contributed by atoms with Crippen LogP contribution in [0.1, 0.15) is 5.69 Å². The minimum Gasteiger partial charge on any atom is -0.302 e. The maximum atomic E-state index is 12.8. The van der Waals surface area contributed by atoms with E-state index >= 15 is 0 Å². The van der Waals surface area contributed by atoms with E-state index < -0.39 is 15.7 Å². The van der Waals surface area contributed by atoms with E-state index in [4.69, 9.17) is 0 Å². The molecule has 1 N–H and O–H groups in total. The maximum Gasteiger partial charge on any atom is 0.232 e. The van der Waals surface area contributed by atoms with Crippen molar-refractivity contribution in [3.63, 3.8) is 0 Å². The predicted molar refractivity (Wildman–Crippen MR) is 89.3 cm³/mol. The van der Waals surface area contributed by atoms with Gasteiger partial charge in [-0.2, -0.15) is 0 Å². The lowest BCUT2D eigenvalue weighted by molar-refractivity contribution is -0.115. The molecule has 3 rings (SSSR count). The summed E-state index contributed by atoms with van der Waals surface area (Å²) in [6.45, 7) is 0. The van der Waals surface area contributed by atoms with Crippen LogP contribution in [-0.4, -0.2) is 30.5 Å². The number of rotatable bonds is 4. The fourth-order valence-corrected chi connectivity index (χ4v) is 3.67. The number of thiazole rings is 1. The molecule has 0 atom stereocenters. The van der Waals surface area contributed by atoms with Crippen LogP contribution in [-0.2, 0) is 21.1 Å². The molecule has 24 heavy (non-hydrogen) atoms. The van der Waals surface area contributed by atoms with Crippen LogP contribution >= 0.6 is 11.3 Å². The number of hydrogen-bond donors (Lipinski definition) is 1. The summed E-state index contributed by atoms with van der Waals surface area (Å²) in [6, 6.07) is 7.27. The molecular formula is C15H12FN3O3S2. The summed E-state index contributed by atoms with van der Waals surface area (Å²) in [5, 5.41) is 3.00. The van der Waals surface area contributed by atoms with Gasteiger partial charge in [-0.25, -0.2) is 17.8 Å². The van der Waals surface area contributed by atoms with Crippen molar-refractivity contribution in [1.29, 1.82) is 0 Å². The van der Waals surface area contributed by atoms with Crippen molar-refractivity contribution in [2.75, 3.05) is 11.6 Å². The number of aromatic nitrogens is 2. The molecule has 0 unspecified atom stereocenters. The van der Waals surface area contributed by atoms with Gasteiger partial charge in [0.25, 0.3) is 0 Å². The van der Waals surface area contributed by atoms with Gasteiger partial charge in [-0.3, -0.25) is 9.78 Å². The van der Waals surface area contributed by atoms with Crippen molar-refractivity contribution in [2.45, 2.75) is 11.3 Å². The second-order valence-corrected chi connectivity index (χ2v) is 8.16. The number of nitrogens with one attached hydrogen (secondary N) is 1. The highest BCUT2D eigenvalue weighted by Gasteiger charge is 2.12. The topological polar surface area (TPSA) is 89.0 Å². The number of pyridine rings is 1. The zero-order valence-electron chi connectivity index (χ0n) is 12.5. The number of carbonyl (C=O) groups is 1. The number of halogens is 1. The van der Waals surface area contributed by atoms with E-state index in [-0.39, 0.29) is 17.2 Å². The lowest BCUT2D eigenvalue weighted by Gasteiger charge is -2.00. The molecule has 0 fully saturated rings. The Morgan fingerprint density at radius 3 is 2.75 bits per heavy atom. The van der Waals surface area contributed by atoms with E-state index in [1.807, 2.05) is 0 Å². The molecule has 124 valence electrons. The average molecular weight is 365 g/mol. The number of fused-ring (bicyclic) bond motifs is 1. The van der Waals surface area contributed by atoms with Crippen LogP contribution in [0.4, 0.5) is 9.52 Å². The van der Waals surface area contributed by atoms with Gasteiger partial charge in [0.15, 0.2) is 15.0 Å². The monoisotopic (exact) mass is 365 g/mol. The molecule has 2 heterocycles. The summed E-state index contributed by atoms with van der Waals surface area (Å²) < 4.78 is 36.6. The number of benzene rings is 1. The third kappa shape index (κ3) is 3.74. The predicted octanol–water partition coefficient (Wildman–Crippen LogP) is 2.42. The number of anilines is 1. The molecule has 2 aromatic heterocycles. The largest absolute Gasteiger partial charge is 0.302 e. The summed E-state index contributed by atoms with van der Waals surface area (Å²) in [4.78, 5) is 20.3. The SMILES string of the molecule is CS(=O)(=O)c1ccc2nc(NC(=O)Cc3ccc(F)cn3)sc2c1. The molecule has 0 aliphatic rings. The van der Waals surface area contributed by atoms with Gasteiger partial charge in [0.1, 0.15) is 5.82 Å². The zero-order valence-corrected chi connectivity index (χ0v) is 14.1. The number of hydrogen-bond acceptors (Lipinski definition) is 6. The Morgan fingerprint density at radius 1 is 1.29 bits per heavy atom. The second kappa shape index (κ2) is 6.25. The van der Waals surface area contributed by atoms with Crippen molar-refractivity contribution >= 4 is 42.4 Å². The molecule has 0 radical (unpaired) electrons. The number of carbonyl (C=O) groups excluding carboxylic acids is 1. The Kier molecular flexibility index (Phi) is 4.29. The first-order chi connectivity index (χ1) is 11.3. The maximum absolute atomic E-state index is 12.8. The quantitative estimate of drug-likeness (QED) is 0.767. The van der Waals surface area contributed by atoms with Crippen molar-refractivity contribution < 1.29 is 17.6 Å². The second-order valence-electron chi connectivity index (χ2n) is 5.11. The fraction of sp³-hybridized carbons (Fsp3) is 0.133. The third-order valence-electron chi connectivity index (χ3n) is 3.16. The van der Waals surface area contributed by atoms with E-state index in [0.717, 1.165) is 12.5 Å². The van der Waals surface area contributed by atoms with Gasteiger partial charge in [-0.15, -0.1) is 0 Å². The molecule has 6 nitrogen and oxygen atoms in total. The molecule has 1 aromatic carbocycles.